The SMILES string of the molecule is ClC1C=Cc2ncnc(NCC3COC4C=CC=CC4O3)c2C1. The molecule has 0 spiro atoms. The van der Waals surface area contributed by atoms with Crippen LogP contribution < -0.4 is 5.32 Å². The second kappa shape index (κ2) is 6.43. The molecule has 0 radical (unpaired) electrons. The Kier molecular flexibility index (Phi) is 4.16. The van der Waals surface area contributed by atoms with Crippen LogP contribution in [0.4, 0.5) is 5.82 Å². The molecule has 3 aliphatic rings. The third-order valence-corrected chi connectivity index (χ3v) is 4.50. The number of nitrogens with zero attached hydrogens (tertiary/aromatic N) is 2. The summed E-state index contributed by atoms with van der Waals surface area (Å²) in [6.07, 6.45) is 14.3. The highest BCUT2D eigenvalue weighted by molar-refractivity contribution is 6.22. The first-order valence-electron chi connectivity index (χ1n) is 7.81. The van der Waals surface area contributed by atoms with Gasteiger partial charge < -0.3 is 14.8 Å². The van der Waals surface area contributed by atoms with E-state index in [1.807, 2.05) is 36.5 Å². The maximum atomic E-state index is 6.21. The van der Waals surface area contributed by atoms with E-state index in [0.717, 1.165) is 23.5 Å². The molecule has 6 heteroatoms. The fourth-order valence-electron chi connectivity index (χ4n) is 3.02. The molecular formula is C17H18ClN3O2. The average molecular weight is 332 g/mol. The van der Waals surface area contributed by atoms with Crippen molar-refractivity contribution in [1.82, 2.24) is 9.97 Å². The molecule has 4 rings (SSSR count). The molecule has 1 aromatic heterocycles. The lowest BCUT2D eigenvalue weighted by Gasteiger charge is -2.35. The topological polar surface area (TPSA) is 56.3 Å². The van der Waals surface area contributed by atoms with Gasteiger partial charge in [-0.1, -0.05) is 30.4 Å². The Hall–Kier alpha value is -1.69. The van der Waals surface area contributed by atoms with Gasteiger partial charge in [-0.25, -0.2) is 9.97 Å². The molecule has 2 aliphatic carbocycles. The Balaban J connectivity index is 1.41. The fraction of sp³-hybridized carbons (Fsp3) is 0.412. The highest BCUT2D eigenvalue weighted by Crippen LogP contribution is 2.26. The van der Waals surface area contributed by atoms with Crippen LogP contribution in [0.5, 0.6) is 0 Å². The van der Waals surface area contributed by atoms with Crippen molar-refractivity contribution in [2.45, 2.75) is 30.1 Å². The number of hydrogen-bond acceptors (Lipinski definition) is 5. The number of aromatic nitrogens is 2. The number of fused-ring (bicyclic) bond motifs is 2. The molecule has 1 N–H and O–H groups in total. The summed E-state index contributed by atoms with van der Waals surface area (Å²) >= 11 is 6.21. The molecule has 1 aromatic rings. The van der Waals surface area contributed by atoms with Gasteiger partial charge in [-0.05, 0) is 12.5 Å². The lowest BCUT2D eigenvalue weighted by molar-refractivity contribution is -0.142. The average Bonchev–Trinajstić information content (AvgIpc) is 2.59. The molecule has 0 bridgehead atoms. The molecule has 5 nitrogen and oxygen atoms in total. The molecule has 120 valence electrons. The van der Waals surface area contributed by atoms with Crippen molar-refractivity contribution >= 4 is 23.5 Å². The van der Waals surface area contributed by atoms with E-state index in [4.69, 9.17) is 21.1 Å². The summed E-state index contributed by atoms with van der Waals surface area (Å²) < 4.78 is 11.9. The maximum absolute atomic E-state index is 6.21. The van der Waals surface area contributed by atoms with E-state index < -0.39 is 0 Å². The number of rotatable bonds is 3. The van der Waals surface area contributed by atoms with Crippen LogP contribution in [0.1, 0.15) is 11.3 Å². The van der Waals surface area contributed by atoms with Crippen LogP contribution in [0.25, 0.3) is 6.08 Å². The molecular weight excluding hydrogens is 314 g/mol. The Labute approximate surface area is 140 Å². The predicted octanol–water partition coefficient (Wildman–Crippen LogP) is 2.34. The second-order valence-electron chi connectivity index (χ2n) is 5.84. The number of alkyl halides is 1. The highest BCUT2D eigenvalue weighted by Gasteiger charge is 2.30. The minimum absolute atomic E-state index is 0.00461. The van der Waals surface area contributed by atoms with Crippen LogP contribution in [0.3, 0.4) is 0 Å². The van der Waals surface area contributed by atoms with Gasteiger partial charge in [-0.15, -0.1) is 11.6 Å². The highest BCUT2D eigenvalue weighted by atomic mass is 35.5. The third-order valence-electron chi connectivity index (χ3n) is 4.20. The van der Waals surface area contributed by atoms with Gasteiger partial charge in [0.25, 0.3) is 0 Å². The number of ether oxygens (including phenoxy) is 2. The van der Waals surface area contributed by atoms with Gasteiger partial charge in [0.05, 0.1) is 23.8 Å². The van der Waals surface area contributed by atoms with E-state index >= 15 is 0 Å². The molecule has 1 saturated heterocycles. The molecule has 1 fully saturated rings. The smallest absolute Gasteiger partial charge is 0.133 e. The van der Waals surface area contributed by atoms with E-state index in [2.05, 4.69) is 15.3 Å². The normalized spacial score (nSPS) is 31.5. The second-order valence-corrected chi connectivity index (χ2v) is 6.40. The summed E-state index contributed by atoms with van der Waals surface area (Å²) in [7, 11) is 0. The van der Waals surface area contributed by atoms with Gasteiger partial charge in [0.1, 0.15) is 24.4 Å². The molecule has 0 saturated carbocycles. The van der Waals surface area contributed by atoms with Crippen LogP contribution in [-0.4, -0.2) is 46.8 Å². The first-order chi connectivity index (χ1) is 11.3. The van der Waals surface area contributed by atoms with Crippen LogP contribution >= 0.6 is 11.6 Å². The molecule has 4 unspecified atom stereocenters. The predicted molar refractivity (Wildman–Crippen MR) is 89.6 cm³/mol. The van der Waals surface area contributed by atoms with Crippen molar-refractivity contribution in [1.29, 1.82) is 0 Å². The molecule has 4 atom stereocenters. The lowest BCUT2D eigenvalue weighted by atomic mass is 10.0. The molecule has 1 aliphatic heterocycles. The number of nitrogens with one attached hydrogen (secondary N) is 1. The Bertz CT molecular complexity index is 674. The number of halogens is 1. The van der Waals surface area contributed by atoms with Crippen molar-refractivity contribution in [3.8, 4) is 0 Å². The third kappa shape index (κ3) is 3.17. The Morgan fingerprint density at radius 1 is 1.17 bits per heavy atom. The van der Waals surface area contributed by atoms with Crippen LogP contribution in [0, 0.1) is 0 Å². The number of allylic oxidation sites excluding steroid dienone is 3. The van der Waals surface area contributed by atoms with Gasteiger partial charge >= 0.3 is 0 Å². The fourth-order valence-corrected chi connectivity index (χ4v) is 3.25. The quantitative estimate of drug-likeness (QED) is 0.862. The van der Waals surface area contributed by atoms with Gasteiger partial charge in [0, 0.05) is 12.1 Å². The lowest BCUT2D eigenvalue weighted by Crippen LogP contribution is -2.45. The zero-order chi connectivity index (χ0) is 15.6. The molecule has 0 aromatic carbocycles. The first-order valence-corrected chi connectivity index (χ1v) is 8.25. The van der Waals surface area contributed by atoms with Crippen molar-refractivity contribution in [2.24, 2.45) is 0 Å². The van der Waals surface area contributed by atoms with Crippen molar-refractivity contribution < 1.29 is 9.47 Å². The number of anilines is 1. The largest absolute Gasteiger partial charge is 0.368 e. The minimum atomic E-state index is -0.0109. The van der Waals surface area contributed by atoms with E-state index in [1.165, 1.54) is 0 Å². The molecule has 2 heterocycles. The zero-order valence-electron chi connectivity index (χ0n) is 12.6. The van der Waals surface area contributed by atoms with Crippen molar-refractivity contribution in [3.63, 3.8) is 0 Å². The van der Waals surface area contributed by atoms with E-state index in [0.29, 0.717) is 13.2 Å². The molecule has 0 amide bonds. The van der Waals surface area contributed by atoms with Crippen LogP contribution in [0.15, 0.2) is 36.7 Å². The van der Waals surface area contributed by atoms with Crippen LogP contribution in [0.2, 0.25) is 0 Å². The van der Waals surface area contributed by atoms with Gasteiger partial charge in [0.2, 0.25) is 0 Å². The maximum Gasteiger partial charge on any atom is 0.133 e. The summed E-state index contributed by atoms with van der Waals surface area (Å²) in [6, 6.07) is 0. The van der Waals surface area contributed by atoms with Crippen molar-refractivity contribution in [3.05, 3.63) is 48.0 Å². The van der Waals surface area contributed by atoms with Gasteiger partial charge in [0.15, 0.2) is 0 Å². The summed E-state index contributed by atoms with van der Waals surface area (Å²) in [5.74, 6) is 0.829. The van der Waals surface area contributed by atoms with E-state index in [-0.39, 0.29) is 23.7 Å². The summed E-state index contributed by atoms with van der Waals surface area (Å²) in [4.78, 5) is 8.65. The Morgan fingerprint density at radius 3 is 2.96 bits per heavy atom. The Morgan fingerprint density at radius 2 is 2.04 bits per heavy atom. The molecule has 23 heavy (non-hydrogen) atoms. The van der Waals surface area contributed by atoms with Gasteiger partial charge in [-0.2, -0.15) is 0 Å². The van der Waals surface area contributed by atoms with Crippen molar-refractivity contribution in [2.75, 3.05) is 18.5 Å². The van der Waals surface area contributed by atoms with Crippen LogP contribution in [-0.2, 0) is 15.9 Å². The van der Waals surface area contributed by atoms with E-state index in [1.54, 1.807) is 6.33 Å². The zero-order valence-corrected chi connectivity index (χ0v) is 13.3. The van der Waals surface area contributed by atoms with E-state index in [9.17, 15) is 0 Å². The summed E-state index contributed by atoms with van der Waals surface area (Å²) in [5.41, 5.74) is 1.99. The van der Waals surface area contributed by atoms with Gasteiger partial charge in [-0.3, -0.25) is 0 Å². The monoisotopic (exact) mass is 331 g/mol. The summed E-state index contributed by atoms with van der Waals surface area (Å²) in [6.45, 7) is 1.21. The standard InChI is InChI=1S/C17H18ClN3O2/c18-11-5-6-14-13(7-11)17(21-10-20-14)19-8-12-9-22-15-3-1-2-4-16(15)23-12/h1-6,10-12,15-16H,7-9H2,(H,19,20,21). The minimum Gasteiger partial charge on any atom is -0.368 e. The summed E-state index contributed by atoms with van der Waals surface area (Å²) in [5, 5.41) is 3.36. The first kappa shape index (κ1) is 14.9. The number of hydrogen-bond donors (Lipinski definition) is 1.